The fourth-order valence-electron chi connectivity index (χ4n) is 6.00. The number of carbonyl (C=O) groups is 1. The molecule has 1 aromatic rings. The summed E-state index contributed by atoms with van der Waals surface area (Å²) in [5.74, 6) is -3.09. The van der Waals surface area contributed by atoms with Crippen LogP contribution in [0.4, 0.5) is 13.2 Å². The van der Waals surface area contributed by atoms with Crippen LogP contribution in [0, 0.1) is 23.6 Å². The third kappa shape index (κ3) is 4.40. The van der Waals surface area contributed by atoms with Crippen molar-refractivity contribution in [3.63, 3.8) is 0 Å². The first-order valence-electron chi connectivity index (χ1n) is 11.9. The zero-order valence-electron chi connectivity index (χ0n) is 18.9. The maximum atomic E-state index is 15.0. The van der Waals surface area contributed by atoms with Crippen molar-refractivity contribution < 1.29 is 22.7 Å². The van der Waals surface area contributed by atoms with Crippen LogP contribution < -0.4 is 10.6 Å². The van der Waals surface area contributed by atoms with E-state index >= 15 is 0 Å². The molecule has 4 aliphatic rings. The number of carbonyl (C=O) groups excluding carboxylic acids is 1. The molecule has 3 saturated heterocycles. The summed E-state index contributed by atoms with van der Waals surface area (Å²) in [5.41, 5.74) is 0.461. The van der Waals surface area contributed by atoms with E-state index in [0.29, 0.717) is 30.2 Å². The van der Waals surface area contributed by atoms with Gasteiger partial charge in [0.15, 0.2) is 0 Å². The molecule has 33 heavy (non-hydrogen) atoms. The van der Waals surface area contributed by atoms with Gasteiger partial charge in [0.1, 0.15) is 12.0 Å². The molecule has 182 valence electrons. The summed E-state index contributed by atoms with van der Waals surface area (Å²) in [6.07, 6.45) is 0.638. The van der Waals surface area contributed by atoms with Gasteiger partial charge < -0.3 is 15.0 Å². The standard InChI is InChI=1S/C24H31ClF3N3O2/c1-12-13(2)29-22-21(17-4-3-16(25)8-18(17)26)30-19(11-31(22)23(12)32)14-5-6-33-20(7-14)15-9-24(27,28)10-15/h3-4,8,12-15,19-22,29-30H,5-7,9-11H2,1-2H3. The SMILES string of the molecule is CC1NC2C(c3ccc(Cl)cc3F)NC(C3CCOC(C4CC(F)(F)C4)C3)CN2C(=O)C1C. The van der Waals surface area contributed by atoms with E-state index in [4.69, 9.17) is 16.3 Å². The van der Waals surface area contributed by atoms with Gasteiger partial charge in [0.2, 0.25) is 11.8 Å². The van der Waals surface area contributed by atoms with Crippen LogP contribution in [0.25, 0.3) is 0 Å². The Morgan fingerprint density at radius 2 is 1.94 bits per heavy atom. The molecule has 0 radical (unpaired) electrons. The average molecular weight is 486 g/mol. The van der Waals surface area contributed by atoms with E-state index in [1.54, 1.807) is 12.1 Å². The number of benzene rings is 1. The number of rotatable bonds is 3. The minimum Gasteiger partial charge on any atom is -0.378 e. The van der Waals surface area contributed by atoms with Crippen molar-refractivity contribution in [1.29, 1.82) is 0 Å². The number of hydrogen-bond donors (Lipinski definition) is 2. The molecule has 7 atom stereocenters. The number of amides is 1. The molecule has 5 rings (SSSR count). The minimum absolute atomic E-state index is 0.0392. The number of nitrogens with zero attached hydrogens (tertiary/aromatic N) is 1. The van der Waals surface area contributed by atoms with E-state index in [-0.39, 0.29) is 60.9 Å². The number of nitrogens with one attached hydrogen (secondary N) is 2. The van der Waals surface area contributed by atoms with Gasteiger partial charge in [-0.25, -0.2) is 13.2 Å². The molecule has 3 aliphatic heterocycles. The summed E-state index contributed by atoms with van der Waals surface area (Å²) >= 11 is 5.99. The third-order valence-corrected chi connectivity index (χ3v) is 8.40. The highest BCUT2D eigenvalue weighted by Crippen LogP contribution is 2.47. The summed E-state index contributed by atoms with van der Waals surface area (Å²) in [6.45, 7) is 4.89. The fourth-order valence-corrected chi connectivity index (χ4v) is 6.16. The van der Waals surface area contributed by atoms with Crippen LogP contribution >= 0.6 is 11.6 Å². The maximum Gasteiger partial charge on any atom is 0.248 e. The number of halogens is 4. The Labute approximate surface area is 197 Å². The van der Waals surface area contributed by atoms with E-state index in [9.17, 15) is 18.0 Å². The van der Waals surface area contributed by atoms with E-state index in [1.807, 2.05) is 18.7 Å². The van der Waals surface area contributed by atoms with Crippen molar-refractivity contribution in [3.8, 4) is 0 Å². The molecule has 1 aromatic carbocycles. The molecule has 0 aromatic heterocycles. The van der Waals surface area contributed by atoms with E-state index in [1.165, 1.54) is 6.07 Å². The van der Waals surface area contributed by atoms with Crippen molar-refractivity contribution in [2.24, 2.45) is 17.8 Å². The van der Waals surface area contributed by atoms with Gasteiger partial charge in [-0.3, -0.25) is 10.1 Å². The first-order valence-corrected chi connectivity index (χ1v) is 12.3. The average Bonchev–Trinajstić information content (AvgIpc) is 2.76. The van der Waals surface area contributed by atoms with Crippen LogP contribution in [-0.2, 0) is 9.53 Å². The molecule has 4 fully saturated rings. The lowest BCUT2D eigenvalue weighted by atomic mass is 9.72. The van der Waals surface area contributed by atoms with Gasteiger partial charge in [-0.15, -0.1) is 0 Å². The van der Waals surface area contributed by atoms with Crippen LogP contribution in [0.1, 0.15) is 51.1 Å². The van der Waals surface area contributed by atoms with Crippen molar-refractivity contribution in [3.05, 3.63) is 34.6 Å². The smallest absolute Gasteiger partial charge is 0.248 e. The summed E-state index contributed by atoms with van der Waals surface area (Å²) < 4.78 is 47.7. The second-order valence-corrected chi connectivity index (χ2v) is 10.8. The second kappa shape index (κ2) is 8.70. The quantitative estimate of drug-likeness (QED) is 0.676. The Morgan fingerprint density at radius 1 is 1.18 bits per heavy atom. The normalized spacial score (nSPS) is 39.2. The monoisotopic (exact) mass is 485 g/mol. The lowest BCUT2D eigenvalue weighted by molar-refractivity contribution is -0.169. The molecule has 1 amide bonds. The van der Waals surface area contributed by atoms with E-state index < -0.39 is 17.8 Å². The van der Waals surface area contributed by atoms with Gasteiger partial charge in [0, 0.05) is 48.7 Å². The summed E-state index contributed by atoms with van der Waals surface area (Å²) in [5, 5.41) is 7.44. The number of fused-ring (bicyclic) bond motifs is 1. The Kier molecular flexibility index (Phi) is 6.17. The predicted octanol–water partition coefficient (Wildman–Crippen LogP) is 4.12. The van der Waals surface area contributed by atoms with E-state index in [0.717, 1.165) is 6.42 Å². The highest BCUT2D eigenvalue weighted by atomic mass is 35.5. The lowest BCUT2D eigenvalue weighted by Crippen LogP contribution is -2.72. The first kappa shape index (κ1) is 23.4. The van der Waals surface area contributed by atoms with E-state index in [2.05, 4.69) is 10.6 Å². The van der Waals surface area contributed by atoms with Gasteiger partial charge in [-0.2, -0.15) is 0 Å². The minimum atomic E-state index is -2.58. The highest BCUT2D eigenvalue weighted by molar-refractivity contribution is 6.30. The Bertz CT molecular complexity index is 911. The molecular weight excluding hydrogens is 455 g/mol. The number of hydrogen-bond acceptors (Lipinski definition) is 4. The largest absolute Gasteiger partial charge is 0.378 e. The van der Waals surface area contributed by atoms with Gasteiger partial charge in [-0.1, -0.05) is 24.6 Å². The van der Waals surface area contributed by atoms with Crippen LogP contribution in [0.5, 0.6) is 0 Å². The molecule has 2 N–H and O–H groups in total. The highest BCUT2D eigenvalue weighted by Gasteiger charge is 2.52. The lowest BCUT2D eigenvalue weighted by Gasteiger charge is -2.53. The molecule has 1 saturated carbocycles. The molecular formula is C24H31ClF3N3O2. The van der Waals surface area contributed by atoms with Crippen LogP contribution in [0.15, 0.2) is 18.2 Å². The zero-order chi connectivity index (χ0) is 23.5. The number of alkyl halides is 2. The summed E-state index contributed by atoms with van der Waals surface area (Å²) in [6, 6.07) is 4.06. The first-order chi connectivity index (χ1) is 15.6. The molecule has 1 aliphatic carbocycles. The predicted molar refractivity (Wildman–Crippen MR) is 118 cm³/mol. The van der Waals surface area contributed by atoms with Crippen molar-refractivity contribution in [2.45, 2.75) is 75.8 Å². The second-order valence-electron chi connectivity index (χ2n) is 10.3. The fraction of sp³-hybridized carbons (Fsp3) is 0.708. The third-order valence-electron chi connectivity index (χ3n) is 8.16. The summed E-state index contributed by atoms with van der Waals surface area (Å²) in [4.78, 5) is 15.1. The van der Waals surface area contributed by atoms with Crippen molar-refractivity contribution in [2.75, 3.05) is 13.2 Å². The molecule has 5 nitrogen and oxygen atoms in total. The Hall–Kier alpha value is -1.35. The van der Waals surface area contributed by atoms with Crippen molar-refractivity contribution >= 4 is 17.5 Å². The van der Waals surface area contributed by atoms with Gasteiger partial charge >= 0.3 is 0 Å². The Morgan fingerprint density at radius 3 is 2.64 bits per heavy atom. The van der Waals surface area contributed by atoms with Gasteiger partial charge in [0.25, 0.3) is 0 Å². The Balaban J connectivity index is 1.40. The molecule has 0 bridgehead atoms. The molecule has 9 heteroatoms. The molecule has 7 unspecified atom stereocenters. The molecule has 3 heterocycles. The maximum absolute atomic E-state index is 15.0. The van der Waals surface area contributed by atoms with Crippen molar-refractivity contribution in [1.82, 2.24) is 15.5 Å². The van der Waals surface area contributed by atoms with Gasteiger partial charge in [-0.05, 0) is 43.7 Å². The van der Waals surface area contributed by atoms with Crippen LogP contribution in [0.3, 0.4) is 0 Å². The topological polar surface area (TPSA) is 53.6 Å². The van der Waals surface area contributed by atoms with Crippen LogP contribution in [0.2, 0.25) is 5.02 Å². The molecule has 0 spiro atoms. The number of piperazine rings is 1. The van der Waals surface area contributed by atoms with Gasteiger partial charge in [0.05, 0.1) is 18.1 Å². The zero-order valence-corrected chi connectivity index (χ0v) is 19.6. The summed E-state index contributed by atoms with van der Waals surface area (Å²) in [7, 11) is 0. The van der Waals surface area contributed by atoms with Crippen LogP contribution in [-0.4, -0.2) is 54.2 Å². The number of ether oxygens (including phenoxy) is 1.